The maximum atomic E-state index is 13.1. The Morgan fingerprint density at radius 2 is 1.75 bits per heavy atom. The lowest BCUT2D eigenvalue weighted by Crippen LogP contribution is -2.48. The molecule has 7 nitrogen and oxygen atoms in total. The quantitative estimate of drug-likeness (QED) is 0.619. The number of sulfonamides is 1. The molecular formula is C23H23FN4O3S. The Labute approximate surface area is 186 Å². The van der Waals surface area contributed by atoms with E-state index in [9.17, 15) is 17.6 Å². The molecule has 0 aliphatic carbocycles. The van der Waals surface area contributed by atoms with Crippen molar-refractivity contribution in [3.05, 3.63) is 90.0 Å². The number of hydrogen-bond acceptors (Lipinski definition) is 5. The van der Waals surface area contributed by atoms with Crippen LogP contribution in [0, 0.1) is 5.82 Å². The summed E-state index contributed by atoms with van der Waals surface area (Å²) in [4.78, 5) is 18.6. The Hall–Kier alpha value is -3.30. The number of carbonyl (C=O) groups excluding carboxylic acids is 1. The zero-order chi connectivity index (χ0) is 22.6. The van der Waals surface area contributed by atoms with Crippen LogP contribution in [0.25, 0.3) is 0 Å². The van der Waals surface area contributed by atoms with Crippen molar-refractivity contribution >= 4 is 21.6 Å². The lowest BCUT2D eigenvalue weighted by molar-refractivity contribution is 0.0950. The highest BCUT2D eigenvalue weighted by atomic mass is 32.2. The zero-order valence-corrected chi connectivity index (χ0v) is 18.1. The van der Waals surface area contributed by atoms with Gasteiger partial charge in [0.2, 0.25) is 10.0 Å². The molecule has 0 radical (unpaired) electrons. The predicted molar refractivity (Wildman–Crippen MR) is 119 cm³/mol. The maximum Gasteiger partial charge on any atom is 0.251 e. The van der Waals surface area contributed by atoms with E-state index < -0.39 is 10.0 Å². The molecule has 1 fully saturated rings. The van der Waals surface area contributed by atoms with E-state index in [-0.39, 0.29) is 22.2 Å². The molecule has 166 valence electrons. The number of rotatable bonds is 6. The average Bonchev–Trinajstić information content (AvgIpc) is 2.84. The number of piperazine rings is 1. The van der Waals surface area contributed by atoms with Crippen LogP contribution >= 0.6 is 0 Å². The van der Waals surface area contributed by atoms with Crippen LogP contribution in [-0.2, 0) is 16.6 Å². The van der Waals surface area contributed by atoms with Crippen molar-refractivity contribution in [1.29, 1.82) is 0 Å². The largest absolute Gasteiger partial charge is 0.369 e. The third-order valence-corrected chi connectivity index (χ3v) is 7.23. The summed E-state index contributed by atoms with van der Waals surface area (Å²) in [6.07, 6.45) is 3.31. The van der Waals surface area contributed by atoms with Crippen molar-refractivity contribution in [2.24, 2.45) is 0 Å². The van der Waals surface area contributed by atoms with Crippen LogP contribution in [0.2, 0.25) is 0 Å². The second-order valence-electron chi connectivity index (χ2n) is 7.44. The van der Waals surface area contributed by atoms with Crippen LogP contribution in [0.3, 0.4) is 0 Å². The van der Waals surface area contributed by atoms with Gasteiger partial charge in [-0.15, -0.1) is 0 Å². The Bertz CT molecular complexity index is 1180. The van der Waals surface area contributed by atoms with Crippen molar-refractivity contribution in [3.8, 4) is 0 Å². The van der Waals surface area contributed by atoms with Gasteiger partial charge in [0, 0.05) is 56.4 Å². The molecule has 1 N–H and O–H groups in total. The van der Waals surface area contributed by atoms with Crippen molar-refractivity contribution < 1.29 is 17.6 Å². The molecule has 2 aromatic carbocycles. The van der Waals surface area contributed by atoms with Crippen LogP contribution < -0.4 is 10.2 Å². The van der Waals surface area contributed by atoms with Gasteiger partial charge in [-0.05, 0) is 54.1 Å². The number of carbonyl (C=O) groups is 1. The van der Waals surface area contributed by atoms with E-state index in [2.05, 4.69) is 10.3 Å². The molecule has 1 saturated heterocycles. The van der Waals surface area contributed by atoms with Gasteiger partial charge in [0.1, 0.15) is 5.82 Å². The summed E-state index contributed by atoms with van der Waals surface area (Å²) in [5.41, 5.74) is 1.99. The monoisotopic (exact) mass is 454 g/mol. The van der Waals surface area contributed by atoms with E-state index in [4.69, 9.17) is 0 Å². The second-order valence-corrected chi connectivity index (χ2v) is 9.38. The number of nitrogens with zero attached hydrogens (tertiary/aromatic N) is 3. The van der Waals surface area contributed by atoms with Gasteiger partial charge in [-0.25, -0.2) is 12.8 Å². The van der Waals surface area contributed by atoms with E-state index in [0.717, 1.165) is 11.3 Å². The fraction of sp³-hybridized carbons (Fsp3) is 0.217. The third kappa shape index (κ3) is 4.95. The van der Waals surface area contributed by atoms with Crippen LogP contribution in [0.5, 0.6) is 0 Å². The fourth-order valence-electron chi connectivity index (χ4n) is 3.57. The highest BCUT2D eigenvalue weighted by Gasteiger charge is 2.29. The summed E-state index contributed by atoms with van der Waals surface area (Å²) in [6.45, 7) is 1.90. The molecule has 0 saturated carbocycles. The first-order chi connectivity index (χ1) is 15.4. The van der Waals surface area contributed by atoms with Gasteiger partial charge in [0.25, 0.3) is 5.91 Å². The van der Waals surface area contributed by atoms with Crippen LogP contribution in [0.15, 0.2) is 78.0 Å². The van der Waals surface area contributed by atoms with E-state index in [1.54, 1.807) is 42.7 Å². The summed E-state index contributed by atoms with van der Waals surface area (Å²) >= 11 is 0. The van der Waals surface area contributed by atoms with Crippen LogP contribution in [-0.4, -0.2) is 49.8 Å². The standard InChI is InChI=1S/C23H23FN4O3S/c24-20-6-8-21(9-7-20)27-11-13-28(14-12-27)32(30,31)22-5-1-4-19(15-22)23(29)26-17-18-3-2-10-25-16-18/h1-10,15-16H,11-14,17H2,(H,26,29). The lowest BCUT2D eigenvalue weighted by atomic mass is 10.2. The molecule has 0 bridgehead atoms. The normalized spacial score (nSPS) is 14.8. The van der Waals surface area contributed by atoms with E-state index in [0.29, 0.717) is 32.7 Å². The minimum atomic E-state index is -3.74. The van der Waals surface area contributed by atoms with Crippen molar-refractivity contribution in [1.82, 2.24) is 14.6 Å². The fourth-order valence-corrected chi connectivity index (χ4v) is 5.04. The summed E-state index contributed by atoms with van der Waals surface area (Å²) < 4.78 is 40.9. The van der Waals surface area contributed by atoms with E-state index in [1.807, 2.05) is 11.0 Å². The van der Waals surface area contributed by atoms with Gasteiger partial charge >= 0.3 is 0 Å². The van der Waals surface area contributed by atoms with Gasteiger partial charge in [-0.2, -0.15) is 4.31 Å². The first-order valence-electron chi connectivity index (χ1n) is 10.2. The molecule has 1 aliphatic rings. The number of aromatic nitrogens is 1. The molecular weight excluding hydrogens is 431 g/mol. The van der Waals surface area contributed by atoms with Gasteiger partial charge < -0.3 is 10.2 Å². The molecule has 1 amide bonds. The summed E-state index contributed by atoms with van der Waals surface area (Å²) in [6, 6.07) is 15.8. The number of nitrogens with one attached hydrogen (secondary N) is 1. The van der Waals surface area contributed by atoms with E-state index in [1.165, 1.54) is 28.6 Å². The van der Waals surface area contributed by atoms with Crippen LogP contribution in [0.4, 0.5) is 10.1 Å². The Kier molecular flexibility index (Phi) is 6.48. The summed E-state index contributed by atoms with van der Waals surface area (Å²) in [5.74, 6) is -0.661. The number of halogens is 1. The first-order valence-corrected chi connectivity index (χ1v) is 11.7. The Balaban J connectivity index is 1.41. The summed E-state index contributed by atoms with van der Waals surface area (Å²) in [7, 11) is -3.74. The molecule has 1 aliphatic heterocycles. The summed E-state index contributed by atoms with van der Waals surface area (Å²) in [5, 5.41) is 2.78. The maximum absolute atomic E-state index is 13.1. The minimum Gasteiger partial charge on any atom is -0.369 e. The molecule has 0 unspecified atom stereocenters. The highest BCUT2D eigenvalue weighted by molar-refractivity contribution is 7.89. The SMILES string of the molecule is O=C(NCc1cccnc1)c1cccc(S(=O)(=O)N2CCN(c3ccc(F)cc3)CC2)c1. The molecule has 3 aromatic rings. The van der Waals surface area contributed by atoms with Gasteiger partial charge in [0.05, 0.1) is 4.90 Å². The topological polar surface area (TPSA) is 82.6 Å². The number of benzene rings is 2. The lowest BCUT2D eigenvalue weighted by Gasteiger charge is -2.35. The first kappa shape index (κ1) is 21.9. The number of anilines is 1. The number of hydrogen-bond donors (Lipinski definition) is 1. The van der Waals surface area contributed by atoms with Gasteiger partial charge in [0.15, 0.2) is 0 Å². The average molecular weight is 455 g/mol. The Morgan fingerprint density at radius 3 is 2.44 bits per heavy atom. The molecule has 2 heterocycles. The van der Waals surface area contributed by atoms with Crippen molar-refractivity contribution in [2.45, 2.75) is 11.4 Å². The molecule has 1 aromatic heterocycles. The van der Waals surface area contributed by atoms with Gasteiger partial charge in [-0.1, -0.05) is 12.1 Å². The third-order valence-electron chi connectivity index (χ3n) is 5.34. The molecule has 0 atom stereocenters. The molecule has 32 heavy (non-hydrogen) atoms. The number of amides is 1. The minimum absolute atomic E-state index is 0.0850. The van der Waals surface area contributed by atoms with Gasteiger partial charge in [-0.3, -0.25) is 9.78 Å². The van der Waals surface area contributed by atoms with Crippen LogP contribution in [0.1, 0.15) is 15.9 Å². The highest BCUT2D eigenvalue weighted by Crippen LogP contribution is 2.22. The number of pyridine rings is 1. The van der Waals surface area contributed by atoms with Crippen molar-refractivity contribution in [3.63, 3.8) is 0 Å². The second kappa shape index (κ2) is 9.46. The van der Waals surface area contributed by atoms with E-state index >= 15 is 0 Å². The molecule has 0 spiro atoms. The van der Waals surface area contributed by atoms with Crippen molar-refractivity contribution in [2.75, 3.05) is 31.1 Å². The molecule has 9 heteroatoms. The zero-order valence-electron chi connectivity index (χ0n) is 17.3. The Morgan fingerprint density at radius 1 is 1.00 bits per heavy atom. The predicted octanol–water partition coefficient (Wildman–Crippen LogP) is 2.66. The molecule has 4 rings (SSSR count). The smallest absolute Gasteiger partial charge is 0.251 e.